The third-order valence-corrected chi connectivity index (χ3v) is 6.59. The van der Waals surface area contributed by atoms with Crippen LogP contribution in [0.4, 0.5) is 0 Å². The molecule has 2 heteroatoms. The molecule has 2 N–H and O–H groups in total. The van der Waals surface area contributed by atoms with Crippen molar-refractivity contribution in [1.82, 2.24) is 4.90 Å². The minimum atomic E-state index is 0.495. The SMILES string of the molecule is NC1C[C@H]2CCC[C@@H](C1)N2C1CC2CCCC(C2)C1. The zero-order valence-electron chi connectivity index (χ0n) is 12.3. The molecule has 2 heterocycles. The van der Waals surface area contributed by atoms with Crippen LogP contribution in [0.5, 0.6) is 0 Å². The summed E-state index contributed by atoms with van der Waals surface area (Å²) in [4.78, 5) is 2.98. The standard InChI is InChI=1S/C17H30N2/c18-14-10-15-5-2-6-16(11-14)19(15)17-8-12-3-1-4-13(7-12)9-17/h12-17H,1-11,18H2/t12?,13?,14?,15-,16+,17?. The highest BCUT2D eigenvalue weighted by Gasteiger charge is 2.43. The summed E-state index contributed by atoms with van der Waals surface area (Å²) in [7, 11) is 0. The van der Waals surface area contributed by atoms with Crippen molar-refractivity contribution >= 4 is 0 Å². The maximum atomic E-state index is 6.28. The van der Waals surface area contributed by atoms with Crippen molar-refractivity contribution in [3.8, 4) is 0 Å². The minimum absolute atomic E-state index is 0.495. The fraction of sp³-hybridized carbons (Fsp3) is 1.00. The maximum absolute atomic E-state index is 6.28. The molecule has 0 spiro atoms. The van der Waals surface area contributed by atoms with Crippen LogP contribution in [-0.4, -0.2) is 29.1 Å². The number of hydrogen-bond donors (Lipinski definition) is 1. The average molecular weight is 262 g/mol. The van der Waals surface area contributed by atoms with Crippen molar-refractivity contribution in [3.63, 3.8) is 0 Å². The first-order chi connectivity index (χ1) is 9.29. The molecule has 2 saturated carbocycles. The molecule has 3 unspecified atom stereocenters. The lowest BCUT2D eigenvalue weighted by Gasteiger charge is -2.55. The van der Waals surface area contributed by atoms with Crippen LogP contribution in [0.15, 0.2) is 0 Å². The van der Waals surface area contributed by atoms with Crippen molar-refractivity contribution < 1.29 is 0 Å². The molecule has 2 aliphatic carbocycles. The summed E-state index contributed by atoms with van der Waals surface area (Å²) in [5, 5.41) is 0. The third-order valence-electron chi connectivity index (χ3n) is 6.59. The van der Waals surface area contributed by atoms with Crippen molar-refractivity contribution in [2.24, 2.45) is 17.6 Å². The summed E-state index contributed by atoms with van der Waals surface area (Å²) >= 11 is 0. The summed E-state index contributed by atoms with van der Waals surface area (Å²) in [6.45, 7) is 0. The van der Waals surface area contributed by atoms with Crippen LogP contribution in [-0.2, 0) is 0 Å². The molecule has 2 aliphatic heterocycles. The molecule has 4 bridgehead atoms. The Morgan fingerprint density at radius 1 is 0.632 bits per heavy atom. The van der Waals surface area contributed by atoms with E-state index in [9.17, 15) is 0 Å². The quantitative estimate of drug-likeness (QED) is 0.785. The first-order valence-corrected chi connectivity index (χ1v) is 8.82. The van der Waals surface area contributed by atoms with E-state index < -0.39 is 0 Å². The highest BCUT2D eigenvalue weighted by atomic mass is 15.2. The van der Waals surface area contributed by atoms with Crippen molar-refractivity contribution in [1.29, 1.82) is 0 Å². The van der Waals surface area contributed by atoms with E-state index in [1.807, 2.05) is 0 Å². The van der Waals surface area contributed by atoms with Gasteiger partial charge in [0.05, 0.1) is 0 Å². The van der Waals surface area contributed by atoms with Crippen molar-refractivity contribution in [2.75, 3.05) is 0 Å². The Bertz CT molecular complexity index is 303. The molecule has 2 nitrogen and oxygen atoms in total. The summed E-state index contributed by atoms with van der Waals surface area (Å²) in [6, 6.07) is 3.10. The third kappa shape index (κ3) is 2.35. The van der Waals surface area contributed by atoms with E-state index in [4.69, 9.17) is 5.73 Å². The van der Waals surface area contributed by atoms with E-state index in [1.165, 1.54) is 64.2 Å². The Morgan fingerprint density at radius 3 is 1.84 bits per heavy atom. The van der Waals surface area contributed by atoms with Gasteiger partial charge in [-0.2, -0.15) is 0 Å². The second-order valence-electron chi connectivity index (χ2n) is 7.94. The fourth-order valence-corrected chi connectivity index (χ4v) is 6.00. The van der Waals surface area contributed by atoms with Gasteiger partial charge in [-0.15, -0.1) is 0 Å². The number of piperidine rings is 2. The van der Waals surface area contributed by atoms with Crippen LogP contribution >= 0.6 is 0 Å². The number of rotatable bonds is 1. The molecular weight excluding hydrogens is 232 g/mol. The maximum Gasteiger partial charge on any atom is 0.0116 e. The molecule has 0 aromatic carbocycles. The Labute approximate surface area is 118 Å². The Kier molecular flexibility index (Phi) is 3.35. The van der Waals surface area contributed by atoms with Gasteiger partial charge < -0.3 is 5.73 Å². The molecule has 4 aliphatic rings. The number of fused-ring (bicyclic) bond motifs is 4. The Balaban J connectivity index is 1.51. The largest absolute Gasteiger partial charge is 0.328 e. The van der Waals surface area contributed by atoms with Crippen LogP contribution in [0.3, 0.4) is 0 Å². The topological polar surface area (TPSA) is 29.3 Å². The predicted octanol–water partition coefficient (Wildman–Crippen LogP) is 3.30. The molecule has 0 amide bonds. The van der Waals surface area contributed by atoms with Crippen LogP contribution < -0.4 is 5.73 Å². The molecular formula is C17H30N2. The Morgan fingerprint density at radius 2 is 1.21 bits per heavy atom. The smallest absolute Gasteiger partial charge is 0.0116 e. The van der Waals surface area contributed by atoms with Gasteiger partial charge in [-0.1, -0.05) is 25.7 Å². The molecule has 19 heavy (non-hydrogen) atoms. The van der Waals surface area contributed by atoms with E-state index in [0.717, 1.165) is 30.0 Å². The van der Waals surface area contributed by atoms with Gasteiger partial charge in [-0.05, 0) is 56.8 Å². The molecule has 0 aromatic heterocycles. The van der Waals surface area contributed by atoms with Gasteiger partial charge in [0.25, 0.3) is 0 Å². The lowest BCUT2D eigenvalue weighted by atomic mass is 9.68. The average Bonchev–Trinajstić information content (AvgIpc) is 2.37. The summed E-state index contributed by atoms with van der Waals surface area (Å²) in [5.74, 6) is 2.13. The molecule has 0 radical (unpaired) electrons. The molecule has 108 valence electrons. The van der Waals surface area contributed by atoms with E-state index in [1.54, 1.807) is 6.42 Å². The lowest BCUT2D eigenvalue weighted by molar-refractivity contribution is -0.0401. The Hall–Kier alpha value is -0.0800. The first kappa shape index (κ1) is 12.6. The monoisotopic (exact) mass is 262 g/mol. The van der Waals surface area contributed by atoms with E-state index >= 15 is 0 Å². The summed E-state index contributed by atoms with van der Waals surface area (Å²) < 4.78 is 0. The van der Waals surface area contributed by atoms with E-state index in [0.29, 0.717) is 6.04 Å². The predicted molar refractivity (Wildman–Crippen MR) is 78.9 cm³/mol. The highest BCUT2D eigenvalue weighted by Crippen LogP contribution is 2.45. The molecule has 4 rings (SSSR count). The first-order valence-electron chi connectivity index (χ1n) is 8.82. The molecule has 2 saturated heterocycles. The second kappa shape index (κ2) is 5.04. The van der Waals surface area contributed by atoms with Crippen LogP contribution in [0, 0.1) is 11.8 Å². The molecule has 4 fully saturated rings. The summed E-state index contributed by atoms with van der Waals surface area (Å²) in [5.41, 5.74) is 6.28. The zero-order valence-corrected chi connectivity index (χ0v) is 12.3. The van der Waals surface area contributed by atoms with Crippen LogP contribution in [0.2, 0.25) is 0 Å². The number of hydrogen-bond acceptors (Lipinski definition) is 2. The number of nitrogens with two attached hydrogens (primary N) is 1. The van der Waals surface area contributed by atoms with Gasteiger partial charge in [0.1, 0.15) is 0 Å². The van der Waals surface area contributed by atoms with Gasteiger partial charge in [-0.3, -0.25) is 4.90 Å². The highest BCUT2D eigenvalue weighted by molar-refractivity contribution is 4.99. The lowest BCUT2D eigenvalue weighted by Crippen LogP contribution is -2.60. The number of nitrogens with zero attached hydrogens (tertiary/aromatic N) is 1. The van der Waals surface area contributed by atoms with Crippen molar-refractivity contribution in [2.45, 2.75) is 94.8 Å². The van der Waals surface area contributed by atoms with Crippen molar-refractivity contribution in [3.05, 3.63) is 0 Å². The van der Waals surface area contributed by atoms with Gasteiger partial charge >= 0.3 is 0 Å². The fourth-order valence-electron chi connectivity index (χ4n) is 6.00. The van der Waals surface area contributed by atoms with Gasteiger partial charge in [0.2, 0.25) is 0 Å². The van der Waals surface area contributed by atoms with Gasteiger partial charge in [0.15, 0.2) is 0 Å². The minimum Gasteiger partial charge on any atom is -0.328 e. The normalized spacial score (nSPS) is 51.0. The second-order valence-corrected chi connectivity index (χ2v) is 7.94. The zero-order chi connectivity index (χ0) is 12.8. The van der Waals surface area contributed by atoms with Gasteiger partial charge in [0, 0.05) is 24.2 Å². The van der Waals surface area contributed by atoms with E-state index in [2.05, 4.69) is 4.90 Å². The van der Waals surface area contributed by atoms with Crippen LogP contribution in [0.1, 0.15) is 70.6 Å². The van der Waals surface area contributed by atoms with Crippen LogP contribution in [0.25, 0.3) is 0 Å². The molecule has 0 aromatic rings. The van der Waals surface area contributed by atoms with Gasteiger partial charge in [-0.25, -0.2) is 0 Å². The van der Waals surface area contributed by atoms with E-state index in [-0.39, 0.29) is 0 Å². The summed E-state index contributed by atoms with van der Waals surface area (Å²) in [6.07, 6.45) is 16.0. The molecule has 5 atom stereocenters.